The van der Waals surface area contributed by atoms with Gasteiger partial charge in [-0.15, -0.1) is 11.3 Å². The SMILES string of the molecule is Cc1cccc2c1nc(C(F)(F)F)c1nc(-c3nccs3)n(CCN3CCNCC3)c12. The highest BCUT2D eigenvalue weighted by molar-refractivity contribution is 7.13. The number of pyridine rings is 1. The summed E-state index contributed by atoms with van der Waals surface area (Å²) in [7, 11) is 0. The molecule has 0 unspecified atom stereocenters. The molecule has 6 nitrogen and oxygen atoms in total. The van der Waals surface area contributed by atoms with Gasteiger partial charge in [-0.05, 0) is 12.5 Å². The van der Waals surface area contributed by atoms with E-state index in [0.717, 1.165) is 32.7 Å². The first kappa shape index (κ1) is 20.3. The summed E-state index contributed by atoms with van der Waals surface area (Å²) < 4.78 is 43.9. The second-order valence-electron chi connectivity index (χ2n) is 7.64. The second kappa shape index (κ2) is 7.85. The predicted molar refractivity (Wildman–Crippen MR) is 115 cm³/mol. The lowest BCUT2D eigenvalue weighted by atomic mass is 10.1. The number of nitrogens with one attached hydrogen (secondary N) is 1. The number of benzene rings is 1. The molecule has 5 rings (SSSR count). The van der Waals surface area contributed by atoms with Crippen LogP contribution in [0.15, 0.2) is 29.8 Å². The van der Waals surface area contributed by atoms with E-state index in [9.17, 15) is 13.2 Å². The van der Waals surface area contributed by atoms with E-state index < -0.39 is 11.9 Å². The zero-order valence-electron chi connectivity index (χ0n) is 16.9. The van der Waals surface area contributed by atoms with E-state index in [-0.39, 0.29) is 5.52 Å². The lowest BCUT2D eigenvalue weighted by Gasteiger charge is -2.27. The van der Waals surface area contributed by atoms with Gasteiger partial charge < -0.3 is 9.88 Å². The molecule has 0 atom stereocenters. The van der Waals surface area contributed by atoms with E-state index in [0.29, 0.717) is 39.4 Å². The third-order valence-corrected chi connectivity index (χ3v) is 6.42. The van der Waals surface area contributed by atoms with Gasteiger partial charge in [-0.2, -0.15) is 13.2 Å². The summed E-state index contributed by atoms with van der Waals surface area (Å²) in [5, 5.41) is 6.41. The third-order valence-electron chi connectivity index (χ3n) is 5.65. The van der Waals surface area contributed by atoms with Gasteiger partial charge in [0.2, 0.25) is 0 Å². The molecule has 1 aromatic carbocycles. The summed E-state index contributed by atoms with van der Waals surface area (Å²) in [4.78, 5) is 15.1. The van der Waals surface area contributed by atoms with E-state index >= 15 is 0 Å². The molecule has 31 heavy (non-hydrogen) atoms. The molecule has 1 fully saturated rings. The standard InChI is InChI=1S/C21H21F3N6S/c1-13-3-2-4-14-15(13)27-18(21(22,23)24)16-17(14)30(11-10-29-8-5-25-6-9-29)19(28-16)20-26-7-12-31-20/h2-4,7,12,25H,5-6,8-11H2,1H3. The second-order valence-corrected chi connectivity index (χ2v) is 8.54. The Bertz CT molecular complexity index is 1230. The first-order valence-corrected chi connectivity index (χ1v) is 11.0. The van der Waals surface area contributed by atoms with Crippen LogP contribution in [-0.2, 0) is 12.7 Å². The molecule has 1 N–H and O–H groups in total. The molecule has 3 aromatic heterocycles. The fraction of sp³-hybridized carbons (Fsp3) is 0.381. The van der Waals surface area contributed by atoms with Crippen LogP contribution in [0.2, 0.25) is 0 Å². The lowest BCUT2D eigenvalue weighted by molar-refractivity contribution is -0.139. The topological polar surface area (TPSA) is 58.9 Å². The molecule has 0 radical (unpaired) electrons. The van der Waals surface area contributed by atoms with Gasteiger partial charge >= 0.3 is 6.18 Å². The molecular formula is C21H21F3N6S. The minimum Gasteiger partial charge on any atom is -0.320 e. The number of alkyl halides is 3. The number of piperazine rings is 1. The number of thiazole rings is 1. The maximum absolute atomic E-state index is 14.0. The average Bonchev–Trinajstić information content (AvgIpc) is 3.40. The van der Waals surface area contributed by atoms with Crippen molar-refractivity contribution < 1.29 is 13.2 Å². The Balaban J connectivity index is 1.77. The van der Waals surface area contributed by atoms with Crippen LogP contribution in [0.3, 0.4) is 0 Å². The van der Waals surface area contributed by atoms with Crippen LogP contribution in [-0.4, -0.2) is 57.1 Å². The number of fused-ring (bicyclic) bond motifs is 3. The Morgan fingerprint density at radius 2 is 1.90 bits per heavy atom. The molecule has 162 valence electrons. The zero-order valence-corrected chi connectivity index (χ0v) is 17.7. The third kappa shape index (κ3) is 3.68. The lowest BCUT2D eigenvalue weighted by Crippen LogP contribution is -2.44. The first-order valence-electron chi connectivity index (χ1n) is 10.1. The number of para-hydroxylation sites is 1. The molecule has 1 saturated heterocycles. The van der Waals surface area contributed by atoms with Gasteiger partial charge in [0.1, 0.15) is 5.52 Å². The van der Waals surface area contributed by atoms with Crippen molar-refractivity contribution in [3.63, 3.8) is 0 Å². The van der Waals surface area contributed by atoms with Crippen molar-refractivity contribution in [2.24, 2.45) is 0 Å². The van der Waals surface area contributed by atoms with Crippen molar-refractivity contribution in [2.75, 3.05) is 32.7 Å². The van der Waals surface area contributed by atoms with E-state index in [1.165, 1.54) is 11.3 Å². The van der Waals surface area contributed by atoms with Crippen LogP contribution in [0, 0.1) is 6.92 Å². The van der Waals surface area contributed by atoms with E-state index in [4.69, 9.17) is 0 Å². The number of imidazole rings is 1. The summed E-state index contributed by atoms with van der Waals surface area (Å²) >= 11 is 1.37. The van der Waals surface area contributed by atoms with Gasteiger partial charge in [0, 0.05) is 56.2 Å². The number of aromatic nitrogens is 4. The normalized spacial score (nSPS) is 15.9. The quantitative estimate of drug-likeness (QED) is 0.515. The molecule has 0 amide bonds. The molecule has 10 heteroatoms. The molecular weight excluding hydrogens is 425 g/mol. The fourth-order valence-electron chi connectivity index (χ4n) is 4.14. The maximum Gasteiger partial charge on any atom is 0.435 e. The average molecular weight is 447 g/mol. The summed E-state index contributed by atoms with van der Waals surface area (Å²) in [6, 6.07) is 5.46. The minimum absolute atomic E-state index is 0.115. The largest absolute Gasteiger partial charge is 0.435 e. The molecule has 4 aromatic rings. The first-order chi connectivity index (χ1) is 14.9. The Morgan fingerprint density at radius 1 is 1.10 bits per heavy atom. The summed E-state index contributed by atoms with van der Waals surface area (Å²) in [5.74, 6) is 0.460. The van der Waals surface area contributed by atoms with Crippen molar-refractivity contribution >= 4 is 33.3 Å². The Kier molecular flexibility index (Phi) is 5.15. The van der Waals surface area contributed by atoms with Crippen molar-refractivity contribution in [1.82, 2.24) is 29.7 Å². The van der Waals surface area contributed by atoms with E-state index in [1.54, 1.807) is 24.6 Å². The monoisotopic (exact) mass is 446 g/mol. The van der Waals surface area contributed by atoms with Crippen LogP contribution in [0.5, 0.6) is 0 Å². The van der Waals surface area contributed by atoms with Crippen LogP contribution >= 0.6 is 11.3 Å². The molecule has 4 heterocycles. The molecule has 0 bridgehead atoms. The predicted octanol–water partition coefficient (Wildman–Crippen LogP) is 3.94. The number of hydrogen-bond donors (Lipinski definition) is 1. The van der Waals surface area contributed by atoms with Gasteiger partial charge in [0.25, 0.3) is 0 Å². The Labute approximate surface area is 180 Å². The highest BCUT2D eigenvalue weighted by Crippen LogP contribution is 2.39. The summed E-state index contributed by atoms with van der Waals surface area (Å²) in [6.07, 6.45) is -2.96. The highest BCUT2D eigenvalue weighted by Gasteiger charge is 2.38. The van der Waals surface area contributed by atoms with Crippen molar-refractivity contribution in [2.45, 2.75) is 19.6 Å². The van der Waals surface area contributed by atoms with Crippen molar-refractivity contribution in [1.29, 1.82) is 0 Å². The van der Waals surface area contributed by atoms with Gasteiger partial charge in [-0.25, -0.2) is 15.0 Å². The molecule has 0 aliphatic carbocycles. The van der Waals surface area contributed by atoms with E-state index in [2.05, 4.69) is 25.2 Å². The number of rotatable bonds is 4. The van der Waals surface area contributed by atoms with Gasteiger partial charge in [0.15, 0.2) is 16.5 Å². The number of nitrogens with zero attached hydrogens (tertiary/aromatic N) is 5. The molecule has 0 saturated carbocycles. The van der Waals surface area contributed by atoms with Crippen LogP contribution in [0.25, 0.3) is 32.8 Å². The molecule has 0 spiro atoms. The number of halogens is 3. The Morgan fingerprint density at radius 3 is 2.61 bits per heavy atom. The van der Waals surface area contributed by atoms with E-state index in [1.807, 2.05) is 16.7 Å². The highest BCUT2D eigenvalue weighted by atomic mass is 32.1. The fourth-order valence-corrected chi connectivity index (χ4v) is 4.78. The molecule has 1 aliphatic rings. The van der Waals surface area contributed by atoms with Crippen LogP contribution in [0.1, 0.15) is 11.3 Å². The molecule has 1 aliphatic heterocycles. The Hall–Kier alpha value is -2.56. The zero-order chi connectivity index (χ0) is 21.6. The van der Waals surface area contributed by atoms with Crippen molar-refractivity contribution in [3.8, 4) is 10.8 Å². The van der Waals surface area contributed by atoms with Crippen molar-refractivity contribution in [3.05, 3.63) is 41.0 Å². The van der Waals surface area contributed by atoms with Gasteiger partial charge in [-0.3, -0.25) is 4.90 Å². The minimum atomic E-state index is -4.60. The van der Waals surface area contributed by atoms with Crippen LogP contribution < -0.4 is 5.32 Å². The van der Waals surface area contributed by atoms with Crippen LogP contribution in [0.4, 0.5) is 13.2 Å². The maximum atomic E-state index is 14.0. The number of aryl methyl sites for hydroxylation is 1. The number of hydrogen-bond acceptors (Lipinski definition) is 6. The summed E-state index contributed by atoms with van der Waals surface area (Å²) in [5.41, 5.74) is 0.479. The summed E-state index contributed by atoms with van der Waals surface area (Å²) in [6.45, 7) is 6.67. The smallest absolute Gasteiger partial charge is 0.320 e. The van der Waals surface area contributed by atoms with Gasteiger partial charge in [-0.1, -0.05) is 18.2 Å². The van der Waals surface area contributed by atoms with Gasteiger partial charge in [0.05, 0.1) is 11.0 Å².